The first kappa shape index (κ1) is 27.4. The van der Waals surface area contributed by atoms with Crippen molar-refractivity contribution in [1.29, 1.82) is 0 Å². The minimum atomic E-state index is -4.85. The summed E-state index contributed by atoms with van der Waals surface area (Å²) in [6.07, 6.45) is -3.45. The SMILES string of the molecule is COc1cc(N2CCN(C)CC2)ccc1NC(=O)c1cnc2n1CCN(C(=O)c1ccc(C(F)(F)F)c(F)c1)C2. The van der Waals surface area contributed by atoms with E-state index in [1.54, 1.807) is 10.6 Å². The fraction of sp³-hybridized carbons (Fsp3) is 0.370. The van der Waals surface area contributed by atoms with Crippen LogP contribution in [0.15, 0.2) is 42.6 Å². The van der Waals surface area contributed by atoms with E-state index >= 15 is 0 Å². The molecule has 2 aliphatic rings. The lowest BCUT2D eigenvalue weighted by Crippen LogP contribution is -2.44. The van der Waals surface area contributed by atoms with E-state index < -0.39 is 29.4 Å². The number of imidazole rings is 1. The molecule has 40 heavy (non-hydrogen) atoms. The number of likely N-dealkylation sites (N-methyl/N-ethyl adjacent to an activating group) is 1. The number of methoxy groups -OCH3 is 1. The number of carbonyl (C=O) groups excluding carboxylic acids is 2. The van der Waals surface area contributed by atoms with Crippen molar-refractivity contribution in [1.82, 2.24) is 19.4 Å². The van der Waals surface area contributed by atoms with Crippen LogP contribution in [0.2, 0.25) is 0 Å². The third-order valence-electron chi connectivity index (χ3n) is 7.21. The predicted molar refractivity (Wildman–Crippen MR) is 139 cm³/mol. The van der Waals surface area contributed by atoms with Crippen LogP contribution in [0.5, 0.6) is 5.75 Å². The molecule has 5 rings (SSSR count). The highest BCUT2D eigenvalue weighted by atomic mass is 19.4. The van der Waals surface area contributed by atoms with Crippen molar-refractivity contribution in [2.24, 2.45) is 0 Å². The predicted octanol–water partition coefficient (Wildman–Crippen LogP) is 3.71. The van der Waals surface area contributed by atoms with Crippen LogP contribution < -0.4 is 15.0 Å². The van der Waals surface area contributed by atoms with Crippen LogP contribution in [0.3, 0.4) is 0 Å². The van der Waals surface area contributed by atoms with Crippen LogP contribution in [0, 0.1) is 5.82 Å². The van der Waals surface area contributed by atoms with Crippen LogP contribution in [0.25, 0.3) is 0 Å². The Bertz CT molecular complexity index is 1430. The molecule has 0 bridgehead atoms. The molecular formula is C27H28F4N6O3. The lowest BCUT2D eigenvalue weighted by molar-refractivity contribution is -0.140. The summed E-state index contributed by atoms with van der Waals surface area (Å²) in [5.74, 6) is -1.60. The average Bonchev–Trinajstić information content (AvgIpc) is 3.36. The molecule has 0 spiro atoms. The molecule has 0 radical (unpaired) electrons. The Kier molecular flexibility index (Phi) is 7.41. The number of benzene rings is 2. The van der Waals surface area contributed by atoms with Gasteiger partial charge >= 0.3 is 6.18 Å². The molecule has 2 amide bonds. The van der Waals surface area contributed by atoms with Crippen molar-refractivity contribution in [2.75, 3.05) is 57.1 Å². The van der Waals surface area contributed by atoms with Gasteiger partial charge in [0.05, 0.1) is 31.1 Å². The first-order valence-corrected chi connectivity index (χ1v) is 12.7. The Balaban J connectivity index is 1.27. The number of anilines is 2. The molecule has 0 unspecified atom stereocenters. The lowest BCUT2D eigenvalue weighted by Gasteiger charge is -2.34. The van der Waals surface area contributed by atoms with Gasteiger partial charge in [0.2, 0.25) is 0 Å². The molecule has 1 aromatic heterocycles. The van der Waals surface area contributed by atoms with Crippen LogP contribution in [0.1, 0.15) is 32.2 Å². The number of hydrogen-bond donors (Lipinski definition) is 1. The summed E-state index contributed by atoms with van der Waals surface area (Å²) < 4.78 is 59.8. The lowest BCUT2D eigenvalue weighted by atomic mass is 10.1. The van der Waals surface area contributed by atoms with E-state index in [1.807, 2.05) is 12.1 Å². The van der Waals surface area contributed by atoms with E-state index in [9.17, 15) is 27.2 Å². The second-order valence-electron chi connectivity index (χ2n) is 9.76. The molecule has 2 aliphatic heterocycles. The van der Waals surface area contributed by atoms with Crippen LogP contribution in [-0.2, 0) is 19.3 Å². The summed E-state index contributed by atoms with van der Waals surface area (Å²) in [4.78, 5) is 36.2. The first-order valence-electron chi connectivity index (χ1n) is 12.7. The van der Waals surface area contributed by atoms with Gasteiger partial charge in [-0.25, -0.2) is 9.37 Å². The van der Waals surface area contributed by atoms with Gasteiger partial charge in [0.1, 0.15) is 23.1 Å². The average molecular weight is 561 g/mol. The highest BCUT2D eigenvalue weighted by Crippen LogP contribution is 2.33. The van der Waals surface area contributed by atoms with Crippen molar-refractivity contribution in [3.05, 3.63) is 71.1 Å². The van der Waals surface area contributed by atoms with Gasteiger partial charge in [0.25, 0.3) is 11.8 Å². The van der Waals surface area contributed by atoms with Crippen molar-refractivity contribution < 1.29 is 31.9 Å². The molecule has 1 N–H and O–H groups in total. The van der Waals surface area contributed by atoms with Gasteiger partial charge in [0.15, 0.2) is 0 Å². The maximum Gasteiger partial charge on any atom is 0.419 e. The molecule has 212 valence electrons. The smallest absolute Gasteiger partial charge is 0.419 e. The molecule has 0 atom stereocenters. The molecule has 2 aromatic carbocycles. The molecular weight excluding hydrogens is 532 g/mol. The minimum Gasteiger partial charge on any atom is -0.494 e. The van der Waals surface area contributed by atoms with Crippen LogP contribution in [0.4, 0.5) is 28.9 Å². The van der Waals surface area contributed by atoms with E-state index in [1.165, 1.54) is 18.2 Å². The standard InChI is InChI=1S/C27H28F4N6O3/c1-34-7-9-35(10-8-34)18-4-6-21(23(14-18)40-2)33-25(38)22-15-32-24-16-36(11-12-37(22)24)26(39)17-3-5-19(20(28)13-17)27(29,30)31/h3-6,13-15H,7-12,16H2,1-2H3,(H,33,38). The largest absolute Gasteiger partial charge is 0.494 e. The number of halogens is 4. The van der Waals surface area contributed by atoms with Gasteiger partial charge in [-0.2, -0.15) is 13.2 Å². The zero-order chi connectivity index (χ0) is 28.6. The molecule has 3 heterocycles. The molecule has 13 heteroatoms. The number of amides is 2. The second kappa shape index (κ2) is 10.8. The summed E-state index contributed by atoms with van der Waals surface area (Å²) in [7, 11) is 3.62. The Morgan fingerprint density at radius 3 is 2.42 bits per heavy atom. The van der Waals surface area contributed by atoms with Gasteiger partial charge in [-0.05, 0) is 37.4 Å². The Morgan fingerprint density at radius 2 is 1.75 bits per heavy atom. The highest BCUT2D eigenvalue weighted by Gasteiger charge is 2.35. The minimum absolute atomic E-state index is 0.0117. The zero-order valence-electron chi connectivity index (χ0n) is 22.0. The summed E-state index contributed by atoms with van der Waals surface area (Å²) >= 11 is 0. The first-order chi connectivity index (χ1) is 19.0. The Morgan fingerprint density at radius 1 is 1.00 bits per heavy atom. The molecule has 0 saturated carbocycles. The molecule has 1 fully saturated rings. The van der Waals surface area contributed by atoms with Gasteiger partial charge in [0, 0.05) is 56.6 Å². The van der Waals surface area contributed by atoms with Gasteiger partial charge in [-0.1, -0.05) is 0 Å². The number of nitrogens with one attached hydrogen (secondary N) is 1. The maximum atomic E-state index is 14.0. The molecule has 9 nitrogen and oxygen atoms in total. The second-order valence-corrected chi connectivity index (χ2v) is 9.76. The number of nitrogens with zero attached hydrogens (tertiary/aromatic N) is 5. The van der Waals surface area contributed by atoms with E-state index in [2.05, 4.69) is 27.1 Å². The van der Waals surface area contributed by atoms with Crippen LogP contribution >= 0.6 is 0 Å². The third-order valence-corrected chi connectivity index (χ3v) is 7.21. The monoisotopic (exact) mass is 560 g/mol. The number of alkyl halides is 3. The van der Waals surface area contributed by atoms with E-state index in [0.717, 1.165) is 37.9 Å². The van der Waals surface area contributed by atoms with Crippen molar-refractivity contribution in [2.45, 2.75) is 19.3 Å². The normalized spacial score (nSPS) is 16.1. The van der Waals surface area contributed by atoms with E-state index in [0.29, 0.717) is 29.4 Å². The molecule has 1 saturated heterocycles. The summed E-state index contributed by atoms with van der Waals surface area (Å²) in [5, 5.41) is 2.87. The van der Waals surface area contributed by atoms with Gasteiger partial charge in [-0.3, -0.25) is 9.59 Å². The van der Waals surface area contributed by atoms with Gasteiger partial charge in [-0.15, -0.1) is 0 Å². The van der Waals surface area contributed by atoms with Crippen molar-refractivity contribution in [3.8, 4) is 5.75 Å². The zero-order valence-corrected chi connectivity index (χ0v) is 22.0. The van der Waals surface area contributed by atoms with E-state index in [-0.39, 0.29) is 30.9 Å². The van der Waals surface area contributed by atoms with Crippen molar-refractivity contribution >= 4 is 23.2 Å². The molecule has 0 aliphatic carbocycles. The summed E-state index contributed by atoms with van der Waals surface area (Å²) in [6, 6.07) is 7.72. The number of piperazine rings is 1. The molecule has 3 aromatic rings. The Hall–Kier alpha value is -4.13. The topological polar surface area (TPSA) is 82.9 Å². The maximum absolute atomic E-state index is 14.0. The van der Waals surface area contributed by atoms with E-state index in [4.69, 9.17) is 4.74 Å². The number of hydrogen-bond acceptors (Lipinski definition) is 6. The highest BCUT2D eigenvalue weighted by molar-refractivity contribution is 6.04. The summed E-state index contributed by atoms with van der Waals surface area (Å²) in [6.45, 7) is 4.09. The number of carbonyl (C=O) groups is 2. The fourth-order valence-corrected chi connectivity index (χ4v) is 4.91. The summed E-state index contributed by atoms with van der Waals surface area (Å²) in [5.41, 5.74) is 0.156. The van der Waals surface area contributed by atoms with Crippen molar-refractivity contribution in [3.63, 3.8) is 0 Å². The van der Waals surface area contributed by atoms with Crippen LogP contribution in [-0.4, -0.2) is 78.0 Å². The number of aromatic nitrogens is 2. The fourth-order valence-electron chi connectivity index (χ4n) is 4.91. The Labute approximate surface area is 227 Å². The number of ether oxygens (including phenoxy) is 1. The number of fused-ring (bicyclic) bond motifs is 1. The quantitative estimate of drug-likeness (QED) is 0.480. The number of rotatable bonds is 5. The van der Waals surface area contributed by atoms with Gasteiger partial charge < -0.3 is 29.3 Å². The third kappa shape index (κ3) is 5.46.